The van der Waals surface area contributed by atoms with Gasteiger partial charge in [-0.3, -0.25) is 4.79 Å². The van der Waals surface area contributed by atoms with Gasteiger partial charge in [-0.05, 0) is 52.3 Å². The fraction of sp³-hybridized carbons (Fsp3) is 0.562. The van der Waals surface area contributed by atoms with E-state index in [1.54, 1.807) is 12.1 Å². The van der Waals surface area contributed by atoms with Crippen LogP contribution in [-0.4, -0.2) is 55.9 Å². The highest BCUT2D eigenvalue weighted by molar-refractivity contribution is 6.33. The first-order valence-corrected chi connectivity index (χ1v) is 7.57. The number of benzene rings is 1. The third-order valence-electron chi connectivity index (χ3n) is 3.36. The van der Waals surface area contributed by atoms with E-state index >= 15 is 0 Å². The van der Waals surface area contributed by atoms with E-state index in [2.05, 4.69) is 30.8 Å². The number of carbonyl (C=O) groups excluding carboxylic acids is 1. The van der Waals surface area contributed by atoms with Gasteiger partial charge in [-0.25, -0.2) is 0 Å². The third kappa shape index (κ3) is 6.04. The number of halogens is 1. The monoisotopic (exact) mass is 296 g/mol. The molecule has 1 aromatic carbocycles. The Morgan fingerprint density at radius 3 is 2.45 bits per heavy atom. The Hall–Kier alpha value is -0.900. The molecular weight excluding hydrogens is 272 g/mol. The van der Waals surface area contributed by atoms with E-state index in [0.29, 0.717) is 17.0 Å². The van der Waals surface area contributed by atoms with Crippen LogP contribution in [0.5, 0.6) is 0 Å². The van der Waals surface area contributed by atoms with Crippen LogP contribution in [0.3, 0.4) is 0 Å². The SMILES string of the molecule is CCN(CCCN(C)C)CCC(=O)c1ccccc1Cl. The van der Waals surface area contributed by atoms with Crippen LogP contribution in [-0.2, 0) is 0 Å². The van der Waals surface area contributed by atoms with Gasteiger partial charge in [0.1, 0.15) is 0 Å². The molecule has 0 saturated heterocycles. The summed E-state index contributed by atoms with van der Waals surface area (Å²) in [7, 11) is 4.16. The average molecular weight is 297 g/mol. The fourth-order valence-corrected chi connectivity index (χ4v) is 2.36. The van der Waals surface area contributed by atoms with Gasteiger partial charge in [0, 0.05) is 18.5 Å². The largest absolute Gasteiger partial charge is 0.309 e. The lowest BCUT2D eigenvalue weighted by molar-refractivity contribution is 0.0964. The minimum atomic E-state index is 0.127. The number of rotatable bonds is 9. The van der Waals surface area contributed by atoms with E-state index in [1.165, 1.54) is 0 Å². The first kappa shape index (κ1) is 17.2. The third-order valence-corrected chi connectivity index (χ3v) is 3.69. The van der Waals surface area contributed by atoms with Crippen molar-refractivity contribution in [1.82, 2.24) is 9.80 Å². The molecule has 0 aliphatic heterocycles. The van der Waals surface area contributed by atoms with Crippen molar-refractivity contribution in [2.45, 2.75) is 19.8 Å². The molecule has 112 valence electrons. The number of hydrogen-bond acceptors (Lipinski definition) is 3. The van der Waals surface area contributed by atoms with Gasteiger partial charge >= 0.3 is 0 Å². The Balaban J connectivity index is 2.40. The van der Waals surface area contributed by atoms with Gasteiger partial charge < -0.3 is 9.80 Å². The van der Waals surface area contributed by atoms with Crippen molar-refractivity contribution in [3.05, 3.63) is 34.9 Å². The molecule has 0 N–H and O–H groups in total. The minimum absolute atomic E-state index is 0.127. The molecule has 0 fully saturated rings. The van der Waals surface area contributed by atoms with E-state index < -0.39 is 0 Å². The lowest BCUT2D eigenvalue weighted by Gasteiger charge is -2.21. The highest BCUT2D eigenvalue weighted by atomic mass is 35.5. The van der Waals surface area contributed by atoms with Gasteiger partial charge in [0.05, 0.1) is 5.02 Å². The maximum atomic E-state index is 12.1. The maximum Gasteiger partial charge on any atom is 0.165 e. The number of Topliss-reactive ketones (excluding diaryl/α,β-unsaturated/α-hetero) is 1. The summed E-state index contributed by atoms with van der Waals surface area (Å²) < 4.78 is 0. The van der Waals surface area contributed by atoms with Crippen LogP contribution in [0.4, 0.5) is 0 Å². The predicted molar refractivity (Wildman–Crippen MR) is 85.7 cm³/mol. The number of ketones is 1. The Bertz CT molecular complexity index is 421. The van der Waals surface area contributed by atoms with E-state index in [-0.39, 0.29) is 5.78 Å². The van der Waals surface area contributed by atoms with Gasteiger partial charge in [-0.15, -0.1) is 0 Å². The van der Waals surface area contributed by atoms with E-state index in [9.17, 15) is 4.79 Å². The van der Waals surface area contributed by atoms with Gasteiger partial charge in [-0.1, -0.05) is 30.7 Å². The number of nitrogens with zero attached hydrogens (tertiary/aromatic N) is 2. The topological polar surface area (TPSA) is 23.6 Å². The minimum Gasteiger partial charge on any atom is -0.309 e. The molecule has 0 aliphatic rings. The van der Waals surface area contributed by atoms with Crippen LogP contribution in [0, 0.1) is 0 Å². The quantitative estimate of drug-likeness (QED) is 0.654. The summed E-state index contributed by atoms with van der Waals surface area (Å²) in [5.41, 5.74) is 0.638. The zero-order chi connectivity index (χ0) is 15.0. The summed E-state index contributed by atoms with van der Waals surface area (Å²) in [6.07, 6.45) is 1.65. The highest BCUT2D eigenvalue weighted by Crippen LogP contribution is 2.16. The summed E-state index contributed by atoms with van der Waals surface area (Å²) in [6, 6.07) is 7.27. The Kier molecular flexibility index (Phi) is 7.82. The van der Waals surface area contributed by atoms with E-state index in [0.717, 1.165) is 32.6 Å². The molecule has 3 nitrogen and oxygen atoms in total. The van der Waals surface area contributed by atoms with Crippen molar-refractivity contribution >= 4 is 17.4 Å². The maximum absolute atomic E-state index is 12.1. The molecule has 0 atom stereocenters. The number of hydrogen-bond donors (Lipinski definition) is 0. The van der Waals surface area contributed by atoms with Gasteiger partial charge in [-0.2, -0.15) is 0 Å². The van der Waals surface area contributed by atoms with Crippen molar-refractivity contribution in [2.75, 3.05) is 40.3 Å². The van der Waals surface area contributed by atoms with E-state index in [4.69, 9.17) is 11.6 Å². The summed E-state index contributed by atoms with van der Waals surface area (Å²) in [4.78, 5) is 16.6. The van der Waals surface area contributed by atoms with Crippen molar-refractivity contribution < 1.29 is 4.79 Å². The van der Waals surface area contributed by atoms with Crippen molar-refractivity contribution in [3.63, 3.8) is 0 Å². The smallest absolute Gasteiger partial charge is 0.165 e. The summed E-state index contributed by atoms with van der Waals surface area (Å²) in [5.74, 6) is 0.127. The van der Waals surface area contributed by atoms with Gasteiger partial charge in [0.2, 0.25) is 0 Å². The molecule has 1 rings (SSSR count). The van der Waals surface area contributed by atoms with Crippen LogP contribution in [0.1, 0.15) is 30.1 Å². The van der Waals surface area contributed by atoms with E-state index in [1.807, 2.05) is 12.1 Å². The predicted octanol–water partition coefficient (Wildman–Crippen LogP) is 3.19. The molecular formula is C16H25ClN2O. The first-order valence-electron chi connectivity index (χ1n) is 7.19. The molecule has 0 saturated carbocycles. The molecule has 4 heteroatoms. The van der Waals surface area contributed by atoms with Crippen LogP contribution in [0.25, 0.3) is 0 Å². The zero-order valence-corrected chi connectivity index (χ0v) is 13.5. The summed E-state index contributed by atoms with van der Waals surface area (Å²) in [5, 5.41) is 0.549. The Morgan fingerprint density at radius 1 is 1.15 bits per heavy atom. The van der Waals surface area contributed by atoms with Crippen LogP contribution in [0.2, 0.25) is 5.02 Å². The molecule has 0 spiro atoms. The van der Waals surface area contributed by atoms with Crippen LogP contribution < -0.4 is 0 Å². The Morgan fingerprint density at radius 2 is 1.85 bits per heavy atom. The first-order chi connectivity index (χ1) is 9.54. The second kappa shape index (κ2) is 9.11. The molecule has 0 bridgehead atoms. The molecule has 0 aromatic heterocycles. The average Bonchev–Trinajstić information content (AvgIpc) is 2.42. The molecule has 0 aliphatic carbocycles. The van der Waals surface area contributed by atoms with Gasteiger partial charge in [0.25, 0.3) is 0 Å². The highest BCUT2D eigenvalue weighted by Gasteiger charge is 2.11. The fourth-order valence-electron chi connectivity index (χ4n) is 2.12. The van der Waals surface area contributed by atoms with Crippen LogP contribution in [0.15, 0.2) is 24.3 Å². The molecule has 0 unspecified atom stereocenters. The van der Waals surface area contributed by atoms with Crippen molar-refractivity contribution in [1.29, 1.82) is 0 Å². The molecule has 1 aromatic rings. The molecule has 20 heavy (non-hydrogen) atoms. The zero-order valence-electron chi connectivity index (χ0n) is 12.7. The lowest BCUT2D eigenvalue weighted by Crippen LogP contribution is -2.29. The van der Waals surface area contributed by atoms with Gasteiger partial charge in [0.15, 0.2) is 5.78 Å². The lowest BCUT2D eigenvalue weighted by atomic mass is 10.1. The molecule has 0 heterocycles. The normalized spacial score (nSPS) is 11.3. The standard InChI is InChI=1S/C16H25ClN2O/c1-4-19(12-7-11-18(2)3)13-10-16(20)14-8-5-6-9-15(14)17/h5-6,8-9H,4,7,10-13H2,1-3H3. The second-order valence-electron chi connectivity index (χ2n) is 5.24. The molecule has 0 radical (unpaired) electrons. The summed E-state index contributed by atoms with van der Waals surface area (Å²) >= 11 is 6.05. The molecule has 0 amide bonds. The van der Waals surface area contributed by atoms with Crippen molar-refractivity contribution in [3.8, 4) is 0 Å². The summed E-state index contributed by atoms with van der Waals surface area (Å²) in [6.45, 7) is 6.02. The van der Waals surface area contributed by atoms with Crippen LogP contribution >= 0.6 is 11.6 Å². The van der Waals surface area contributed by atoms with Crippen molar-refractivity contribution in [2.24, 2.45) is 0 Å². The Labute approximate surface area is 127 Å². The number of carbonyl (C=O) groups is 1. The second-order valence-corrected chi connectivity index (χ2v) is 5.65.